The van der Waals surface area contributed by atoms with Crippen molar-refractivity contribution in [1.29, 1.82) is 0 Å². The van der Waals surface area contributed by atoms with Gasteiger partial charge in [-0.25, -0.2) is 9.80 Å². The summed E-state index contributed by atoms with van der Waals surface area (Å²) in [6.45, 7) is 9.90. The van der Waals surface area contributed by atoms with E-state index in [0.717, 1.165) is 13.1 Å². The first-order valence-electron chi connectivity index (χ1n) is 6.44. The molecule has 1 N–H and O–H groups in total. The number of piperidine rings is 1. The average molecular weight is 227 g/mol. The van der Waals surface area contributed by atoms with Gasteiger partial charge in [0.2, 0.25) is 0 Å². The smallest absolute Gasteiger partial charge is 0.324 e. The second-order valence-electron chi connectivity index (χ2n) is 4.63. The molecule has 4 heteroatoms. The van der Waals surface area contributed by atoms with Crippen LogP contribution in [0.15, 0.2) is 0 Å². The zero-order valence-corrected chi connectivity index (χ0v) is 11.0. The van der Waals surface area contributed by atoms with Crippen LogP contribution in [0.25, 0.3) is 0 Å². The van der Waals surface area contributed by atoms with Gasteiger partial charge in [-0.2, -0.15) is 0 Å². The van der Waals surface area contributed by atoms with E-state index >= 15 is 0 Å². The molecule has 2 amide bonds. The zero-order valence-electron chi connectivity index (χ0n) is 11.0. The van der Waals surface area contributed by atoms with E-state index in [4.69, 9.17) is 0 Å². The van der Waals surface area contributed by atoms with E-state index in [2.05, 4.69) is 24.3 Å². The van der Waals surface area contributed by atoms with Crippen LogP contribution in [0, 0.1) is 0 Å². The summed E-state index contributed by atoms with van der Waals surface area (Å²) in [5.74, 6) is 0. The fraction of sp³-hybridized carbons (Fsp3) is 0.917. The van der Waals surface area contributed by atoms with Crippen LogP contribution in [0.4, 0.5) is 4.79 Å². The summed E-state index contributed by atoms with van der Waals surface area (Å²) < 4.78 is 0. The largest absolute Gasteiger partial charge is 0.331 e. The summed E-state index contributed by atoms with van der Waals surface area (Å²) in [4.78, 5) is 13.8. The molecule has 0 aliphatic carbocycles. The van der Waals surface area contributed by atoms with Crippen molar-refractivity contribution in [2.75, 3.05) is 13.1 Å². The standard InChI is InChI=1S/C12H25N3O/c1-5-14(6-2)12(16)13-15-10(3)8-7-9-11(15)4/h10-11H,5-9H2,1-4H3,(H,13,16). The molecule has 0 aromatic heterocycles. The Morgan fingerprint density at radius 1 is 1.25 bits per heavy atom. The van der Waals surface area contributed by atoms with Crippen molar-refractivity contribution in [2.24, 2.45) is 0 Å². The summed E-state index contributed by atoms with van der Waals surface area (Å²) >= 11 is 0. The maximum atomic E-state index is 11.9. The SMILES string of the molecule is CCN(CC)C(=O)NN1C(C)CCCC1C. The van der Waals surface area contributed by atoms with Crippen molar-refractivity contribution in [3.63, 3.8) is 0 Å². The van der Waals surface area contributed by atoms with E-state index in [1.807, 2.05) is 18.7 Å². The van der Waals surface area contributed by atoms with Crippen LogP contribution in [0.5, 0.6) is 0 Å². The Bertz CT molecular complexity index is 218. The van der Waals surface area contributed by atoms with Crippen LogP contribution in [0.2, 0.25) is 0 Å². The van der Waals surface area contributed by atoms with Gasteiger partial charge in [0.25, 0.3) is 0 Å². The summed E-state index contributed by atoms with van der Waals surface area (Å²) in [6.07, 6.45) is 3.60. The number of hydrazine groups is 1. The lowest BCUT2D eigenvalue weighted by atomic mass is 10.00. The van der Waals surface area contributed by atoms with E-state index in [1.54, 1.807) is 0 Å². The molecule has 0 bridgehead atoms. The molecule has 1 heterocycles. The van der Waals surface area contributed by atoms with Gasteiger partial charge in [0.1, 0.15) is 0 Å². The lowest BCUT2D eigenvalue weighted by Gasteiger charge is -2.39. The van der Waals surface area contributed by atoms with Crippen LogP contribution in [-0.2, 0) is 0 Å². The van der Waals surface area contributed by atoms with Crippen molar-refractivity contribution in [1.82, 2.24) is 15.3 Å². The summed E-state index contributed by atoms with van der Waals surface area (Å²) in [5, 5.41) is 2.12. The first-order chi connectivity index (χ1) is 7.60. The minimum atomic E-state index is 0.0330. The average Bonchev–Trinajstić information content (AvgIpc) is 2.25. The van der Waals surface area contributed by atoms with E-state index < -0.39 is 0 Å². The predicted octanol–water partition coefficient (Wildman–Crippen LogP) is 2.22. The van der Waals surface area contributed by atoms with Gasteiger partial charge >= 0.3 is 6.03 Å². The minimum absolute atomic E-state index is 0.0330. The Morgan fingerprint density at radius 2 is 1.75 bits per heavy atom. The Labute approximate surface area is 98.9 Å². The van der Waals surface area contributed by atoms with Gasteiger partial charge in [-0.15, -0.1) is 0 Å². The van der Waals surface area contributed by atoms with E-state index in [0.29, 0.717) is 12.1 Å². The Morgan fingerprint density at radius 3 is 2.19 bits per heavy atom. The molecule has 1 rings (SSSR count). The Kier molecular flexibility index (Phi) is 5.06. The lowest BCUT2D eigenvalue weighted by molar-refractivity contribution is 0.0510. The van der Waals surface area contributed by atoms with Gasteiger partial charge in [-0.1, -0.05) is 6.42 Å². The number of carbonyl (C=O) groups excluding carboxylic acids is 1. The predicted molar refractivity (Wildman–Crippen MR) is 66.1 cm³/mol. The number of hydrogen-bond acceptors (Lipinski definition) is 2. The molecule has 0 radical (unpaired) electrons. The fourth-order valence-electron chi connectivity index (χ4n) is 2.33. The van der Waals surface area contributed by atoms with E-state index in [1.165, 1.54) is 19.3 Å². The van der Waals surface area contributed by atoms with E-state index in [9.17, 15) is 4.79 Å². The third-order valence-corrected chi connectivity index (χ3v) is 3.47. The molecule has 1 fully saturated rings. The third-order valence-electron chi connectivity index (χ3n) is 3.47. The molecule has 94 valence electrons. The van der Waals surface area contributed by atoms with Crippen molar-refractivity contribution < 1.29 is 4.79 Å². The molecule has 1 aliphatic heterocycles. The number of carbonyl (C=O) groups is 1. The third kappa shape index (κ3) is 3.11. The monoisotopic (exact) mass is 227 g/mol. The van der Waals surface area contributed by atoms with Crippen molar-refractivity contribution in [2.45, 2.75) is 59.0 Å². The van der Waals surface area contributed by atoms with Gasteiger partial charge in [-0.3, -0.25) is 5.43 Å². The number of nitrogens with zero attached hydrogens (tertiary/aromatic N) is 2. The van der Waals surface area contributed by atoms with Gasteiger partial charge in [0.15, 0.2) is 0 Å². The summed E-state index contributed by atoms with van der Waals surface area (Å²) in [6, 6.07) is 0.928. The minimum Gasteiger partial charge on any atom is -0.324 e. The van der Waals surface area contributed by atoms with Crippen LogP contribution in [-0.4, -0.2) is 41.1 Å². The van der Waals surface area contributed by atoms with Gasteiger partial charge in [0.05, 0.1) is 0 Å². The van der Waals surface area contributed by atoms with Crippen LogP contribution in [0.3, 0.4) is 0 Å². The normalized spacial score (nSPS) is 26.5. The highest BCUT2D eigenvalue weighted by molar-refractivity contribution is 5.73. The van der Waals surface area contributed by atoms with Gasteiger partial charge < -0.3 is 4.90 Å². The first kappa shape index (κ1) is 13.3. The molecule has 0 aromatic rings. The maximum absolute atomic E-state index is 11.9. The van der Waals surface area contributed by atoms with E-state index in [-0.39, 0.29) is 6.03 Å². The molecule has 0 aromatic carbocycles. The molecule has 2 unspecified atom stereocenters. The van der Waals surface area contributed by atoms with Crippen molar-refractivity contribution in [3.8, 4) is 0 Å². The van der Waals surface area contributed by atoms with Gasteiger partial charge in [-0.05, 0) is 40.5 Å². The summed E-state index contributed by atoms with van der Waals surface area (Å²) in [7, 11) is 0. The number of nitrogens with one attached hydrogen (secondary N) is 1. The lowest BCUT2D eigenvalue weighted by Crippen LogP contribution is -2.57. The summed E-state index contributed by atoms with van der Waals surface area (Å²) in [5.41, 5.74) is 3.04. The maximum Gasteiger partial charge on any atom is 0.331 e. The highest BCUT2D eigenvalue weighted by Gasteiger charge is 2.26. The fourth-order valence-corrected chi connectivity index (χ4v) is 2.33. The number of rotatable bonds is 3. The van der Waals surface area contributed by atoms with Crippen LogP contribution >= 0.6 is 0 Å². The van der Waals surface area contributed by atoms with Crippen molar-refractivity contribution in [3.05, 3.63) is 0 Å². The quantitative estimate of drug-likeness (QED) is 0.802. The van der Waals surface area contributed by atoms with Crippen LogP contribution < -0.4 is 5.43 Å². The molecule has 4 nitrogen and oxygen atoms in total. The Hall–Kier alpha value is -0.770. The number of hydrogen-bond donors (Lipinski definition) is 1. The zero-order chi connectivity index (χ0) is 12.1. The Balaban J connectivity index is 2.53. The number of amides is 2. The number of urea groups is 1. The second-order valence-corrected chi connectivity index (χ2v) is 4.63. The first-order valence-corrected chi connectivity index (χ1v) is 6.44. The molecule has 1 aliphatic rings. The topological polar surface area (TPSA) is 35.6 Å². The molecule has 1 saturated heterocycles. The molecular formula is C12H25N3O. The molecular weight excluding hydrogens is 202 g/mol. The second kappa shape index (κ2) is 6.09. The molecule has 0 spiro atoms. The van der Waals surface area contributed by atoms with Gasteiger partial charge in [0, 0.05) is 25.2 Å². The highest BCUT2D eigenvalue weighted by atomic mass is 16.2. The molecule has 2 atom stereocenters. The molecule has 0 saturated carbocycles. The van der Waals surface area contributed by atoms with Crippen LogP contribution in [0.1, 0.15) is 47.0 Å². The van der Waals surface area contributed by atoms with Crippen molar-refractivity contribution >= 4 is 6.03 Å². The highest BCUT2D eigenvalue weighted by Crippen LogP contribution is 2.20. The molecule has 16 heavy (non-hydrogen) atoms.